The van der Waals surface area contributed by atoms with Gasteiger partial charge in [0, 0.05) is 24.2 Å². The van der Waals surface area contributed by atoms with Gasteiger partial charge in [0.05, 0.1) is 5.76 Å². The van der Waals surface area contributed by atoms with Crippen LogP contribution < -0.4 is 5.32 Å². The van der Waals surface area contributed by atoms with Crippen molar-refractivity contribution in [3.05, 3.63) is 52.8 Å². The Morgan fingerprint density at radius 1 is 1.12 bits per heavy atom. The fraction of sp³-hybridized carbons (Fsp3) is 0.333. The molecule has 0 bridgehead atoms. The van der Waals surface area contributed by atoms with Crippen LogP contribution in [0.25, 0.3) is 0 Å². The molecular formula is C15H19NO. The zero-order valence-corrected chi connectivity index (χ0v) is 10.5. The first kappa shape index (κ1) is 11.8. The molecule has 1 aliphatic carbocycles. The maximum absolute atomic E-state index is 9.80. The third-order valence-electron chi connectivity index (χ3n) is 3.08. The zero-order valence-electron chi connectivity index (χ0n) is 10.5. The molecule has 0 saturated carbocycles. The van der Waals surface area contributed by atoms with Crippen molar-refractivity contribution in [1.82, 2.24) is 0 Å². The van der Waals surface area contributed by atoms with Crippen LogP contribution in [-0.2, 0) is 0 Å². The third kappa shape index (κ3) is 3.13. The Morgan fingerprint density at radius 3 is 2.53 bits per heavy atom. The van der Waals surface area contributed by atoms with Gasteiger partial charge in [-0.3, -0.25) is 0 Å². The molecule has 2 nitrogen and oxygen atoms in total. The number of allylic oxidation sites excluding steroid dienone is 2. The van der Waals surface area contributed by atoms with E-state index in [4.69, 9.17) is 0 Å². The van der Waals surface area contributed by atoms with Crippen molar-refractivity contribution in [3.63, 3.8) is 0 Å². The number of nitrogens with one attached hydrogen (secondary N) is 1. The van der Waals surface area contributed by atoms with Crippen molar-refractivity contribution in [1.29, 1.82) is 0 Å². The standard InChI is InChI=1S/C15H19NO/c1-11-3-6-14(7-4-11)16-10-13-9-12(2)5-8-15(13)17/h3-4,6-7,9,16-17H,5,8,10H2,1-2H3. The van der Waals surface area contributed by atoms with Gasteiger partial charge >= 0.3 is 0 Å². The topological polar surface area (TPSA) is 32.3 Å². The number of hydrogen-bond donors (Lipinski definition) is 2. The van der Waals surface area contributed by atoms with Crippen molar-refractivity contribution in [2.75, 3.05) is 11.9 Å². The van der Waals surface area contributed by atoms with E-state index in [1.165, 1.54) is 11.1 Å². The largest absolute Gasteiger partial charge is 0.512 e. The number of aryl methyl sites for hydroxylation is 1. The molecule has 2 rings (SSSR count). The van der Waals surface area contributed by atoms with Gasteiger partial charge in [0.1, 0.15) is 0 Å². The van der Waals surface area contributed by atoms with Crippen molar-refractivity contribution in [2.24, 2.45) is 0 Å². The van der Waals surface area contributed by atoms with Crippen LogP contribution in [-0.4, -0.2) is 11.7 Å². The minimum absolute atomic E-state index is 0.523. The van der Waals surface area contributed by atoms with Crippen LogP contribution in [0.2, 0.25) is 0 Å². The normalized spacial score (nSPS) is 15.8. The lowest BCUT2D eigenvalue weighted by Gasteiger charge is -2.15. The average Bonchev–Trinajstić information content (AvgIpc) is 2.32. The van der Waals surface area contributed by atoms with E-state index in [9.17, 15) is 5.11 Å². The highest BCUT2D eigenvalue weighted by molar-refractivity contribution is 5.47. The predicted octanol–water partition coefficient (Wildman–Crippen LogP) is 3.96. The summed E-state index contributed by atoms with van der Waals surface area (Å²) in [5.74, 6) is 0.523. The fourth-order valence-electron chi connectivity index (χ4n) is 1.95. The summed E-state index contributed by atoms with van der Waals surface area (Å²) in [6, 6.07) is 8.29. The Bertz CT molecular complexity index is 454. The number of benzene rings is 1. The second-order valence-corrected chi connectivity index (χ2v) is 4.68. The quantitative estimate of drug-likeness (QED) is 0.822. The molecule has 0 saturated heterocycles. The second kappa shape index (κ2) is 5.09. The van der Waals surface area contributed by atoms with E-state index >= 15 is 0 Å². The molecule has 0 aliphatic heterocycles. The van der Waals surface area contributed by atoms with Gasteiger partial charge in [-0.25, -0.2) is 0 Å². The van der Waals surface area contributed by atoms with Crippen LogP contribution in [0, 0.1) is 6.92 Å². The molecule has 17 heavy (non-hydrogen) atoms. The summed E-state index contributed by atoms with van der Waals surface area (Å²) in [7, 11) is 0. The summed E-state index contributed by atoms with van der Waals surface area (Å²) >= 11 is 0. The maximum atomic E-state index is 9.80. The molecule has 0 fully saturated rings. The Balaban J connectivity index is 2.00. The van der Waals surface area contributed by atoms with E-state index in [1.54, 1.807) is 0 Å². The van der Waals surface area contributed by atoms with Gasteiger partial charge in [0.25, 0.3) is 0 Å². The van der Waals surface area contributed by atoms with Gasteiger partial charge in [-0.1, -0.05) is 29.3 Å². The zero-order chi connectivity index (χ0) is 12.3. The summed E-state index contributed by atoms with van der Waals surface area (Å²) in [4.78, 5) is 0. The minimum atomic E-state index is 0.523. The maximum Gasteiger partial charge on any atom is 0.0975 e. The molecule has 1 aromatic carbocycles. The van der Waals surface area contributed by atoms with E-state index < -0.39 is 0 Å². The first-order chi connectivity index (χ1) is 8.15. The Labute approximate surface area is 103 Å². The van der Waals surface area contributed by atoms with Gasteiger partial charge < -0.3 is 10.4 Å². The second-order valence-electron chi connectivity index (χ2n) is 4.68. The summed E-state index contributed by atoms with van der Waals surface area (Å²) in [5.41, 5.74) is 4.69. The lowest BCUT2D eigenvalue weighted by atomic mass is 9.99. The molecule has 0 atom stereocenters. The van der Waals surface area contributed by atoms with Gasteiger partial charge in [0.2, 0.25) is 0 Å². The third-order valence-corrected chi connectivity index (χ3v) is 3.08. The van der Waals surface area contributed by atoms with Gasteiger partial charge in [-0.2, -0.15) is 0 Å². The first-order valence-electron chi connectivity index (χ1n) is 6.04. The van der Waals surface area contributed by atoms with Gasteiger partial charge in [-0.15, -0.1) is 0 Å². The molecule has 0 amide bonds. The molecule has 2 heteroatoms. The highest BCUT2D eigenvalue weighted by Crippen LogP contribution is 2.22. The fourth-order valence-corrected chi connectivity index (χ4v) is 1.95. The van der Waals surface area contributed by atoms with Crippen molar-refractivity contribution in [2.45, 2.75) is 26.7 Å². The molecule has 1 aromatic rings. The molecule has 1 aliphatic rings. The molecular weight excluding hydrogens is 210 g/mol. The van der Waals surface area contributed by atoms with Gasteiger partial charge in [-0.05, 0) is 32.4 Å². The van der Waals surface area contributed by atoms with Crippen molar-refractivity contribution in [3.8, 4) is 0 Å². The van der Waals surface area contributed by atoms with Crippen LogP contribution in [0.4, 0.5) is 5.69 Å². The predicted molar refractivity (Wildman–Crippen MR) is 72.3 cm³/mol. The smallest absolute Gasteiger partial charge is 0.0975 e. The first-order valence-corrected chi connectivity index (χ1v) is 6.04. The lowest BCUT2D eigenvalue weighted by Crippen LogP contribution is -2.09. The molecule has 0 spiro atoms. The van der Waals surface area contributed by atoms with E-state index in [1.807, 2.05) is 0 Å². The summed E-state index contributed by atoms with van der Waals surface area (Å²) < 4.78 is 0. The summed E-state index contributed by atoms with van der Waals surface area (Å²) in [5, 5.41) is 13.1. The Hall–Kier alpha value is -1.70. The van der Waals surface area contributed by atoms with Crippen molar-refractivity contribution >= 4 is 5.69 Å². The van der Waals surface area contributed by atoms with Gasteiger partial charge in [0.15, 0.2) is 0 Å². The highest BCUT2D eigenvalue weighted by atomic mass is 16.3. The average molecular weight is 229 g/mol. The van der Waals surface area contributed by atoms with Crippen LogP contribution >= 0.6 is 0 Å². The highest BCUT2D eigenvalue weighted by Gasteiger charge is 2.09. The molecule has 2 N–H and O–H groups in total. The minimum Gasteiger partial charge on any atom is -0.512 e. The van der Waals surface area contributed by atoms with E-state index in [-0.39, 0.29) is 0 Å². The van der Waals surface area contributed by atoms with E-state index in [0.717, 1.165) is 24.1 Å². The van der Waals surface area contributed by atoms with Crippen LogP contribution in [0.1, 0.15) is 25.3 Å². The van der Waals surface area contributed by atoms with Crippen LogP contribution in [0.5, 0.6) is 0 Å². The summed E-state index contributed by atoms with van der Waals surface area (Å²) in [6.45, 7) is 4.87. The SMILES string of the molecule is CC1=CC(CNc2ccc(C)cc2)=C(O)CC1. The monoisotopic (exact) mass is 229 g/mol. The molecule has 0 heterocycles. The molecule has 0 radical (unpaired) electrons. The number of rotatable bonds is 3. The molecule has 0 unspecified atom stereocenters. The van der Waals surface area contributed by atoms with E-state index in [2.05, 4.69) is 49.5 Å². The number of anilines is 1. The Kier molecular flexibility index (Phi) is 3.52. The molecule has 90 valence electrons. The number of aliphatic hydroxyl groups is 1. The lowest BCUT2D eigenvalue weighted by molar-refractivity contribution is 0.379. The van der Waals surface area contributed by atoms with E-state index in [0.29, 0.717) is 12.3 Å². The number of aliphatic hydroxyl groups excluding tert-OH is 1. The number of hydrogen-bond acceptors (Lipinski definition) is 2. The van der Waals surface area contributed by atoms with Crippen LogP contribution in [0.15, 0.2) is 47.2 Å². The Morgan fingerprint density at radius 2 is 1.82 bits per heavy atom. The summed E-state index contributed by atoms with van der Waals surface area (Å²) in [6.07, 6.45) is 3.83. The van der Waals surface area contributed by atoms with Crippen LogP contribution in [0.3, 0.4) is 0 Å². The molecule has 0 aromatic heterocycles. The van der Waals surface area contributed by atoms with Crippen molar-refractivity contribution < 1.29 is 5.11 Å².